The molecule has 0 bridgehead atoms. The molecular formula is C22H15N3O4. The Hall–Kier alpha value is -4.26. The zero-order valence-corrected chi connectivity index (χ0v) is 15.1. The standard InChI is InChI=1S/C22H15N3O4/c26-21(19-12-9-16-4-1-2-5-18(16)24-19)25-23-14-15-7-10-17(11-8-15)29-22(27)20-6-3-13-28-20/h1-14H,(H,25,26). The molecule has 0 saturated heterocycles. The molecule has 1 N–H and O–H groups in total. The second kappa shape index (κ2) is 8.18. The fourth-order valence-electron chi connectivity index (χ4n) is 2.59. The molecule has 0 saturated carbocycles. The highest BCUT2D eigenvalue weighted by molar-refractivity contribution is 5.95. The third-order valence-corrected chi connectivity index (χ3v) is 4.02. The normalized spacial score (nSPS) is 10.9. The molecule has 0 aliphatic carbocycles. The lowest BCUT2D eigenvalue weighted by Crippen LogP contribution is -2.18. The first-order valence-corrected chi connectivity index (χ1v) is 8.74. The van der Waals surface area contributed by atoms with Gasteiger partial charge in [-0.3, -0.25) is 4.79 Å². The molecule has 2 aromatic carbocycles. The van der Waals surface area contributed by atoms with E-state index in [0.29, 0.717) is 5.75 Å². The van der Waals surface area contributed by atoms with Crippen molar-refractivity contribution in [3.63, 3.8) is 0 Å². The van der Waals surface area contributed by atoms with Crippen molar-refractivity contribution < 1.29 is 18.7 Å². The molecular weight excluding hydrogens is 370 g/mol. The Morgan fingerprint density at radius 3 is 2.59 bits per heavy atom. The monoisotopic (exact) mass is 385 g/mol. The predicted molar refractivity (Wildman–Crippen MR) is 107 cm³/mol. The van der Waals surface area contributed by atoms with Crippen molar-refractivity contribution in [3.8, 4) is 5.75 Å². The summed E-state index contributed by atoms with van der Waals surface area (Å²) in [5.74, 6) is -0.490. The largest absolute Gasteiger partial charge is 0.457 e. The zero-order chi connectivity index (χ0) is 20.1. The topological polar surface area (TPSA) is 93.8 Å². The molecule has 4 rings (SSSR count). The molecule has 2 aromatic heterocycles. The highest BCUT2D eigenvalue weighted by Crippen LogP contribution is 2.14. The molecule has 142 valence electrons. The quantitative estimate of drug-likeness (QED) is 0.244. The van der Waals surface area contributed by atoms with Gasteiger partial charge in [0.1, 0.15) is 11.4 Å². The maximum atomic E-state index is 12.2. The number of carbonyl (C=O) groups excluding carboxylic acids is 2. The van der Waals surface area contributed by atoms with Gasteiger partial charge in [-0.15, -0.1) is 0 Å². The lowest BCUT2D eigenvalue weighted by molar-refractivity contribution is 0.0701. The van der Waals surface area contributed by atoms with E-state index in [0.717, 1.165) is 16.5 Å². The van der Waals surface area contributed by atoms with Crippen LogP contribution >= 0.6 is 0 Å². The number of esters is 1. The first-order valence-electron chi connectivity index (χ1n) is 8.74. The molecule has 0 atom stereocenters. The predicted octanol–water partition coefficient (Wildman–Crippen LogP) is 3.81. The molecule has 0 aliphatic rings. The van der Waals surface area contributed by atoms with Crippen LogP contribution in [0.5, 0.6) is 5.75 Å². The molecule has 0 aliphatic heterocycles. The average Bonchev–Trinajstić information content (AvgIpc) is 3.30. The summed E-state index contributed by atoms with van der Waals surface area (Å²) in [6.45, 7) is 0. The van der Waals surface area contributed by atoms with Crippen molar-refractivity contribution in [2.45, 2.75) is 0 Å². The zero-order valence-electron chi connectivity index (χ0n) is 15.1. The van der Waals surface area contributed by atoms with Gasteiger partial charge in [0, 0.05) is 5.39 Å². The summed E-state index contributed by atoms with van der Waals surface area (Å²) in [5, 5.41) is 4.90. The van der Waals surface area contributed by atoms with Crippen LogP contribution in [0.15, 0.2) is 88.6 Å². The summed E-state index contributed by atoms with van der Waals surface area (Å²) < 4.78 is 10.2. The van der Waals surface area contributed by atoms with Crippen molar-refractivity contribution >= 4 is 29.0 Å². The Morgan fingerprint density at radius 1 is 0.966 bits per heavy atom. The van der Waals surface area contributed by atoms with Crippen LogP contribution in [-0.4, -0.2) is 23.1 Å². The highest BCUT2D eigenvalue weighted by Gasteiger charge is 2.11. The third kappa shape index (κ3) is 4.36. The number of carbonyl (C=O) groups is 2. The van der Waals surface area contributed by atoms with E-state index >= 15 is 0 Å². The van der Waals surface area contributed by atoms with Gasteiger partial charge >= 0.3 is 5.97 Å². The van der Waals surface area contributed by atoms with E-state index < -0.39 is 11.9 Å². The average molecular weight is 385 g/mol. The van der Waals surface area contributed by atoms with Gasteiger partial charge in [-0.25, -0.2) is 15.2 Å². The number of hydrogen-bond donors (Lipinski definition) is 1. The SMILES string of the molecule is O=C(NN=Cc1ccc(OC(=O)c2ccco2)cc1)c1ccc2ccccc2n1. The van der Waals surface area contributed by atoms with Gasteiger partial charge in [0.2, 0.25) is 5.76 Å². The summed E-state index contributed by atoms with van der Waals surface area (Å²) in [4.78, 5) is 28.4. The first-order chi connectivity index (χ1) is 14.2. The van der Waals surface area contributed by atoms with Gasteiger partial charge < -0.3 is 9.15 Å². The number of rotatable bonds is 5. The third-order valence-electron chi connectivity index (χ3n) is 4.02. The molecule has 7 heteroatoms. The minimum absolute atomic E-state index is 0.126. The van der Waals surface area contributed by atoms with Crippen LogP contribution in [0, 0.1) is 0 Å². The maximum Gasteiger partial charge on any atom is 0.379 e. The Kier molecular flexibility index (Phi) is 5.11. The van der Waals surface area contributed by atoms with E-state index in [4.69, 9.17) is 9.15 Å². The van der Waals surface area contributed by atoms with Crippen molar-refractivity contribution in [3.05, 3.63) is 96.1 Å². The summed E-state index contributed by atoms with van der Waals surface area (Å²) in [7, 11) is 0. The second-order valence-electron chi connectivity index (χ2n) is 6.02. The number of benzene rings is 2. The molecule has 7 nitrogen and oxygen atoms in total. The number of pyridine rings is 1. The Bertz CT molecular complexity index is 1180. The molecule has 0 unspecified atom stereocenters. The Morgan fingerprint density at radius 2 is 1.79 bits per heavy atom. The number of nitrogens with zero attached hydrogens (tertiary/aromatic N) is 2. The van der Waals surface area contributed by atoms with E-state index in [1.165, 1.54) is 18.5 Å². The van der Waals surface area contributed by atoms with Crippen LogP contribution in [0.4, 0.5) is 0 Å². The lowest BCUT2D eigenvalue weighted by Gasteiger charge is -2.03. The van der Waals surface area contributed by atoms with Gasteiger partial charge in [-0.2, -0.15) is 5.10 Å². The van der Waals surface area contributed by atoms with Crippen LogP contribution in [0.3, 0.4) is 0 Å². The second-order valence-corrected chi connectivity index (χ2v) is 6.02. The van der Waals surface area contributed by atoms with Gasteiger partial charge in [-0.1, -0.05) is 24.3 Å². The number of hydrogen-bond acceptors (Lipinski definition) is 6. The molecule has 0 radical (unpaired) electrons. The number of fused-ring (bicyclic) bond motifs is 1. The van der Waals surface area contributed by atoms with Crippen molar-refractivity contribution in [1.82, 2.24) is 10.4 Å². The van der Waals surface area contributed by atoms with Crippen LogP contribution in [-0.2, 0) is 0 Å². The number of furan rings is 1. The smallest absolute Gasteiger partial charge is 0.379 e. The fourth-order valence-corrected chi connectivity index (χ4v) is 2.59. The fraction of sp³-hybridized carbons (Fsp3) is 0. The van der Waals surface area contributed by atoms with E-state index in [-0.39, 0.29) is 11.5 Å². The van der Waals surface area contributed by atoms with Crippen molar-refractivity contribution in [2.24, 2.45) is 5.10 Å². The van der Waals surface area contributed by atoms with Gasteiger partial charge in [0.05, 0.1) is 18.0 Å². The molecule has 0 fully saturated rings. The summed E-state index contributed by atoms with van der Waals surface area (Å²) in [5.41, 5.74) is 4.18. The Balaban J connectivity index is 1.36. The van der Waals surface area contributed by atoms with E-state index in [9.17, 15) is 9.59 Å². The van der Waals surface area contributed by atoms with Gasteiger partial charge in [0.15, 0.2) is 0 Å². The Labute approximate surface area is 165 Å². The highest BCUT2D eigenvalue weighted by atomic mass is 16.5. The summed E-state index contributed by atoms with van der Waals surface area (Å²) >= 11 is 0. The first kappa shape index (κ1) is 18.1. The number of nitrogens with one attached hydrogen (secondary N) is 1. The van der Waals surface area contributed by atoms with Crippen LogP contribution in [0.2, 0.25) is 0 Å². The van der Waals surface area contributed by atoms with Gasteiger partial charge in [-0.05, 0) is 54.1 Å². The van der Waals surface area contributed by atoms with Gasteiger partial charge in [0.25, 0.3) is 5.91 Å². The molecule has 29 heavy (non-hydrogen) atoms. The minimum Gasteiger partial charge on any atom is -0.457 e. The van der Waals surface area contributed by atoms with Crippen LogP contribution < -0.4 is 10.2 Å². The van der Waals surface area contributed by atoms with E-state index in [2.05, 4.69) is 15.5 Å². The lowest BCUT2D eigenvalue weighted by atomic mass is 10.2. The van der Waals surface area contributed by atoms with E-state index in [1.807, 2.05) is 30.3 Å². The van der Waals surface area contributed by atoms with Crippen molar-refractivity contribution in [1.29, 1.82) is 0 Å². The molecule has 4 aromatic rings. The number of para-hydroxylation sites is 1. The minimum atomic E-state index is -0.577. The van der Waals surface area contributed by atoms with Crippen molar-refractivity contribution in [2.75, 3.05) is 0 Å². The maximum absolute atomic E-state index is 12.2. The molecule has 1 amide bonds. The van der Waals surface area contributed by atoms with Crippen LogP contribution in [0.25, 0.3) is 10.9 Å². The van der Waals surface area contributed by atoms with E-state index in [1.54, 1.807) is 36.4 Å². The number of ether oxygens (including phenoxy) is 1. The molecule has 2 heterocycles. The number of hydrazone groups is 1. The number of aromatic nitrogens is 1. The summed E-state index contributed by atoms with van der Waals surface area (Å²) in [6, 6.07) is 20.8. The van der Waals surface area contributed by atoms with Crippen LogP contribution in [0.1, 0.15) is 26.6 Å². The number of amides is 1. The molecule has 0 spiro atoms. The summed E-state index contributed by atoms with van der Waals surface area (Å²) in [6.07, 6.45) is 2.88.